The third-order valence-corrected chi connectivity index (χ3v) is 5.40. The summed E-state index contributed by atoms with van der Waals surface area (Å²) in [4.78, 5) is 23.1. The molecule has 2 aliphatic rings. The zero-order valence-electron chi connectivity index (χ0n) is 18.5. The number of alkyl halides is 6. The van der Waals surface area contributed by atoms with Gasteiger partial charge in [-0.05, 0) is 18.9 Å². The Balaban J connectivity index is 0.000000257. The van der Waals surface area contributed by atoms with Crippen molar-refractivity contribution in [3.8, 4) is 0 Å². The van der Waals surface area contributed by atoms with Gasteiger partial charge in [-0.1, -0.05) is 0 Å². The second-order valence-electron chi connectivity index (χ2n) is 7.91. The Morgan fingerprint density at radius 1 is 0.971 bits per heavy atom. The Kier molecular flexibility index (Phi) is 9.31. The fourth-order valence-corrected chi connectivity index (χ4v) is 3.96. The number of hydrogen-bond donors (Lipinski definition) is 2. The molecule has 35 heavy (non-hydrogen) atoms. The lowest BCUT2D eigenvalue weighted by Gasteiger charge is -2.25. The molecule has 2 aromatic heterocycles. The van der Waals surface area contributed by atoms with E-state index in [9.17, 15) is 26.3 Å². The molecule has 2 aromatic rings. The predicted molar refractivity (Wildman–Crippen MR) is 107 cm³/mol. The van der Waals surface area contributed by atoms with E-state index in [1.165, 1.54) is 37.1 Å². The van der Waals surface area contributed by atoms with Gasteiger partial charge in [-0.25, -0.2) is 9.59 Å². The van der Waals surface area contributed by atoms with Crippen LogP contribution in [0.25, 0.3) is 0 Å². The number of rotatable bonds is 4. The second-order valence-corrected chi connectivity index (χ2v) is 7.91. The lowest BCUT2D eigenvalue weighted by Crippen LogP contribution is -2.35. The molecule has 2 fully saturated rings. The van der Waals surface area contributed by atoms with Crippen molar-refractivity contribution in [1.82, 2.24) is 19.6 Å². The first kappa shape index (κ1) is 28.2. The standard InChI is InChI=1S/C16H22N4O.2C2HF3O2/c1-18-9-14(8-17-18)11-20-6-3-15-16(20)2-5-19(15)10-13-4-7-21-12-13;2*3-2(4,5)1(6)7/h4,7-9,12,15-16H,2-3,5-6,10-11H2,1H3;2*(H,6,7)/t15-,16+;;/m1../s1. The van der Waals surface area contributed by atoms with Crippen molar-refractivity contribution in [2.24, 2.45) is 7.05 Å². The quantitative estimate of drug-likeness (QED) is 0.599. The molecule has 0 spiro atoms. The summed E-state index contributed by atoms with van der Waals surface area (Å²) in [5, 5.41) is 18.5. The Morgan fingerprint density at radius 2 is 1.43 bits per heavy atom. The van der Waals surface area contributed by atoms with Gasteiger partial charge in [0.25, 0.3) is 0 Å². The van der Waals surface area contributed by atoms with Gasteiger partial charge < -0.3 is 14.6 Å². The number of likely N-dealkylation sites (tertiary alicyclic amines) is 2. The van der Waals surface area contributed by atoms with Crippen molar-refractivity contribution >= 4 is 11.9 Å². The summed E-state index contributed by atoms with van der Waals surface area (Å²) in [6.45, 7) is 4.46. The van der Waals surface area contributed by atoms with E-state index in [1.54, 1.807) is 6.26 Å². The van der Waals surface area contributed by atoms with Crippen molar-refractivity contribution in [2.75, 3.05) is 13.1 Å². The summed E-state index contributed by atoms with van der Waals surface area (Å²) < 4.78 is 70.6. The number of carbonyl (C=O) groups is 2. The van der Waals surface area contributed by atoms with Gasteiger partial charge in [-0.2, -0.15) is 31.4 Å². The predicted octanol–water partition coefficient (Wildman–Crippen LogP) is 3.13. The minimum atomic E-state index is -5.08. The summed E-state index contributed by atoms with van der Waals surface area (Å²) in [6.07, 6.45) is 0.157. The largest absolute Gasteiger partial charge is 0.490 e. The lowest BCUT2D eigenvalue weighted by atomic mass is 10.1. The Labute approximate surface area is 195 Å². The van der Waals surface area contributed by atoms with Crippen LogP contribution in [0.4, 0.5) is 26.3 Å². The molecule has 4 rings (SSSR count). The van der Waals surface area contributed by atoms with Gasteiger partial charge in [0.2, 0.25) is 0 Å². The molecule has 4 heterocycles. The van der Waals surface area contributed by atoms with E-state index in [0.717, 1.165) is 13.1 Å². The molecule has 0 aliphatic carbocycles. The van der Waals surface area contributed by atoms with Gasteiger partial charge in [-0.3, -0.25) is 14.5 Å². The molecular weight excluding hydrogens is 490 g/mol. The normalized spacial score (nSPS) is 20.4. The number of furan rings is 1. The molecule has 0 aromatic carbocycles. The van der Waals surface area contributed by atoms with Crippen LogP contribution in [0.5, 0.6) is 0 Å². The van der Waals surface area contributed by atoms with E-state index in [4.69, 9.17) is 24.2 Å². The van der Waals surface area contributed by atoms with Gasteiger partial charge in [0.05, 0.1) is 18.7 Å². The van der Waals surface area contributed by atoms with Crippen LogP contribution in [0.2, 0.25) is 0 Å². The van der Waals surface area contributed by atoms with Gasteiger partial charge in [0.1, 0.15) is 0 Å². The summed E-state index contributed by atoms with van der Waals surface area (Å²) >= 11 is 0. The number of carboxylic acid groups (broad SMARTS) is 2. The van der Waals surface area contributed by atoms with Crippen LogP contribution >= 0.6 is 0 Å². The first-order chi connectivity index (χ1) is 16.2. The van der Waals surface area contributed by atoms with Crippen LogP contribution in [0.1, 0.15) is 24.0 Å². The molecule has 2 N–H and O–H groups in total. The van der Waals surface area contributed by atoms with Crippen LogP contribution in [-0.4, -0.2) is 79.3 Å². The number of hydrogen-bond acceptors (Lipinski definition) is 6. The Morgan fingerprint density at radius 3 is 1.77 bits per heavy atom. The maximum absolute atomic E-state index is 10.6. The second kappa shape index (κ2) is 11.6. The molecule has 0 amide bonds. The first-order valence-corrected chi connectivity index (χ1v) is 10.3. The molecule has 15 heteroatoms. The molecule has 0 unspecified atom stereocenters. The number of aromatic nitrogens is 2. The van der Waals surface area contributed by atoms with E-state index >= 15 is 0 Å². The highest BCUT2D eigenvalue weighted by Crippen LogP contribution is 2.33. The monoisotopic (exact) mass is 514 g/mol. The highest BCUT2D eigenvalue weighted by molar-refractivity contribution is 5.73. The number of nitrogens with zero attached hydrogens (tertiary/aromatic N) is 4. The SMILES string of the molecule is Cn1cc(CN2CC[C@@H]3[C@@H]2CCN3Cc2ccoc2)cn1.O=C(O)C(F)(F)F.O=C(O)C(F)(F)F. The van der Waals surface area contributed by atoms with Crippen LogP contribution < -0.4 is 0 Å². The van der Waals surface area contributed by atoms with Gasteiger partial charge in [0, 0.05) is 62.6 Å². The fourth-order valence-electron chi connectivity index (χ4n) is 3.96. The van der Waals surface area contributed by atoms with Crippen molar-refractivity contribution in [1.29, 1.82) is 0 Å². The summed E-state index contributed by atoms with van der Waals surface area (Å²) in [5.74, 6) is -5.51. The highest BCUT2D eigenvalue weighted by Gasteiger charge is 2.42. The zero-order valence-corrected chi connectivity index (χ0v) is 18.5. The summed E-state index contributed by atoms with van der Waals surface area (Å²) in [5.41, 5.74) is 2.62. The van der Waals surface area contributed by atoms with E-state index in [1.807, 2.05) is 24.2 Å². The molecule has 0 bridgehead atoms. The van der Waals surface area contributed by atoms with E-state index in [-0.39, 0.29) is 0 Å². The minimum absolute atomic E-state index is 0.705. The summed E-state index contributed by atoms with van der Waals surface area (Å²) in [7, 11) is 1.98. The van der Waals surface area contributed by atoms with Crippen LogP contribution in [0, 0.1) is 0 Å². The van der Waals surface area contributed by atoms with Crippen LogP contribution in [0.3, 0.4) is 0 Å². The number of halogens is 6. The number of aryl methyl sites for hydroxylation is 1. The number of fused-ring (bicyclic) bond motifs is 1. The third kappa shape index (κ3) is 8.58. The molecule has 196 valence electrons. The van der Waals surface area contributed by atoms with E-state index in [2.05, 4.69) is 27.2 Å². The van der Waals surface area contributed by atoms with Gasteiger partial charge in [0.15, 0.2) is 0 Å². The zero-order chi connectivity index (χ0) is 26.4. The molecule has 9 nitrogen and oxygen atoms in total. The molecule has 2 saturated heterocycles. The smallest absolute Gasteiger partial charge is 0.475 e. The van der Waals surface area contributed by atoms with Crippen molar-refractivity contribution in [3.63, 3.8) is 0 Å². The average molecular weight is 514 g/mol. The molecule has 2 atom stereocenters. The van der Waals surface area contributed by atoms with E-state index < -0.39 is 24.3 Å². The maximum atomic E-state index is 10.6. The van der Waals surface area contributed by atoms with Gasteiger partial charge >= 0.3 is 24.3 Å². The molecule has 2 aliphatic heterocycles. The van der Waals surface area contributed by atoms with Gasteiger partial charge in [-0.15, -0.1) is 0 Å². The number of aliphatic carboxylic acids is 2. The van der Waals surface area contributed by atoms with Crippen LogP contribution in [-0.2, 0) is 29.7 Å². The highest BCUT2D eigenvalue weighted by atomic mass is 19.4. The average Bonchev–Trinajstić information content (AvgIpc) is 3.51. The number of carboxylic acids is 2. The van der Waals surface area contributed by atoms with E-state index in [0.29, 0.717) is 12.1 Å². The lowest BCUT2D eigenvalue weighted by molar-refractivity contribution is -0.193. The van der Waals surface area contributed by atoms with Crippen molar-refractivity contribution < 1.29 is 50.6 Å². The fraction of sp³-hybridized carbons (Fsp3) is 0.550. The molecular formula is C20H24F6N4O5. The van der Waals surface area contributed by atoms with Crippen LogP contribution in [0.15, 0.2) is 35.4 Å². The molecule has 0 saturated carbocycles. The Hall–Kier alpha value is -3.07. The maximum Gasteiger partial charge on any atom is 0.490 e. The van der Waals surface area contributed by atoms with Crippen molar-refractivity contribution in [2.45, 2.75) is 50.4 Å². The van der Waals surface area contributed by atoms with Crippen molar-refractivity contribution in [3.05, 3.63) is 42.1 Å². The molecule has 0 radical (unpaired) electrons. The topological polar surface area (TPSA) is 112 Å². The summed E-state index contributed by atoms with van der Waals surface area (Å²) in [6, 6.07) is 3.49. The first-order valence-electron chi connectivity index (χ1n) is 10.3. The third-order valence-electron chi connectivity index (χ3n) is 5.40. The Bertz CT molecular complexity index is 936. The minimum Gasteiger partial charge on any atom is -0.475 e.